The normalized spacial score (nSPS) is 19.5. The minimum atomic E-state index is -3.67. The fourth-order valence-electron chi connectivity index (χ4n) is 2.76. The van der Waals surface area contributed by atoms with Crippen LogP contribution in [0.2, 0.25) is 0 Å². The van der Waals surface area contributed by atoms with E-state index in [1.54, 1.807) is 0 Å². The number of hydrogen-bond donors (Lipinski definition) is 5. The minimum Gasteiger partial charge on any atom is -0.479 e. The third kappa shape index (κ3) is 7.25. The largest absolute Gasteiger partial charge is 0.479 e. The molecule has 0 radical (unpaired) electrons. The van der Waals surface area contributed by atoms with Crippen LogP contribution in [-0.4, -0.2) is 92.6 Å². The Hall–Kier alpha value is -3.48. The van der Waals surface area contributed by atoms with E-state index < -0.39 is 51.9 Å². The predicted molar refractivity (Wildman–Crippen MR) is 124 cm³/mol. The van der Waals surface area contributed by atoms with Crippen LogP contribution in [0.3, 0.4) is 0 Å². The van der Waals surface area contributed by atoms with Crippen LogP contribution >= 0.6 is 23.1 Å². The minimum absolute atomic E-state index is 0.0420. The summed E-state index contributed by atoms with van der Waals surface area (Å²) in [4.78, 5) is 57.1. The number of carboxylic acids is 2. The molecule has 3 heterocycles. The lowest BCUT2D eigenvalue weighted by Gasteiger charge is -2.49. The van der Waals surface area contributed by atoms with Gasteiger partial charge in [-0.2, -0.15) is 8.42 Å². The van der Waals surface area contributed by atoms with Gasteiger partial charge in [-0.15, -0.1) is 23.1 Å². The molecular weight excluding hydrogens is 530 g/mol. The second-order valence-corrected chi connectivity index (χ2v) is 10.1. The predicted octanol–water partition coefficient (Wildman–Crippen LogP) is -1.04. The molecule has 2 aliphatic rings. The number of nitrogen functional groups attached to an aromatic ring is 1. The number of β-lactam (4-membered cyclic amide) rings is 1. The number of carbonyl (C=O) groups excluding carboxylic acids is 2. The Morgan fingerprint density at radius 2 is 2.06 bits per heavy atom. The maximum atomic E-state index is 12.7. The van der Waals surface area contributed by atoms with Crippen LogP contribution in [0.1, 0.15) is 5.69 Å². The number of carbonyl (C=O) groups is 4. The van der Waals surface area contributed by atoms with Crippen LogP contribution in [0.4, 0.5) is 5.13 Å². The van der Waals surface area contributed by atoms with Crippen LogP contribution < -0.4 is 11.1 Å². The molecule has 0 saturated carbocycles. The summed E-state index contributed by atoms with van der Waals surface area (Å²) in [5.74, 6) is -3.72. The summed E-state index contributed by atoms with van der Waals surface area (Å²) in [5, 5.41) is 25.0. The van der Waals surface area contributed by atoms with Gasteiger partial charge in [-0.1, -0.05) is 17.8 Å². The molecule has 1 aromatic rings. The zero-order chi connectivity index (χ0) is 26.5. The van der Waals surface area contributed by atoms with Crippen LogP contribution in [0.25, 0.3) is 0 Å². The molecule has 2 atom stereocenters. The maximum Gasteiger partial charge on any atom is 0.352 e. The zero-order valence-corrected chi connectivity index (χ0v) is 20.2. The smallest absolute Gasteiger partial charge is 0.352 e. The highest BCUT2D eigenvalue weighted by Gasteiger charge is 2.54. The number of carboxylic acid groups (broad SMARTS) is 2. The molecule has 15 nitrogen and oxygen atoms in total. The van der Waals surface area contributed by atoms with Gasteiger partial charge in [-0.25, -0.2) is 14.6 Å². The van der Waals surface area contributed by atoms with Crippen molar-refractivity contribution < 1.29 is 47.2 Å². The molecule has 0 spiro atoms. The SMILES string of the molecule is C=CC1=C(C(=O)O)N2C(=O)[C@@H](NC(=O)C(=NOCC(=O)O)c3csc(N)n3)[C@H]2SC1.CS(=O)(=O)O. The Balaban J connectivity index is 0.000000784. The number of hydrogen-bond acceptors (Lipinski definition) is 12. The van der Waals surface area contributed by atoms with Crippen LogP contribution in [-0.2, 0) is 34.1 Å². The van der Waals surface area contributed by atoms with Crippen molar-refractivity contribution in [3.63, 3.8) is 0 Å². The number of anilines is 1. The van der Waals surface area contributed by atoms with E-state index in [0.29, 0.717) is 17.6 Å². The highest BCUT2D eigenvalue weighted by Crippen LogP contribution is 2.40. The standard InChI is InChI=1S/C16H15N5O7S2.CH4O3S/c1-2-6-4-29-14-10(13(25)21(14)11(6)15(26)27)19-12(24)9(20-28-3-8(22)23)7-5-30-16(17)18-7;1-5(2,3)4/h2,5,10,14H,1,3-4H2,(H2,17,18)(H,19,24)(H,22,23)(H,26,27);1H3,(H,2,3,4)/t10-,14-;/m1./s1. The average Bonchev–Trinajstić information content (AvgIpc) is 3.17. The molecule has 190 valence electrons. The number of nitrogens with zero attached hydrogens (tertiary/aromatic N) is 3. The average molecular weight is 550 g/mol. The highest BCUT2D eigenvalue weighted by atomic mass is 32.2. The molecular formula is C17H19N5O10S3. The summed E-state index contributed by atoms with van der Waals surface area (Å²) in [7, 11) is -3.67. The van der Waals surface area contributed by atoms with E-state index in [4.69, 9.17) is 15.4 Å². The summed E-state index contributed by atoms with van der Waals surface area (Å²) < 4.78 is 25.9. The first kappa shape index (κ1) is 27.8. The fourth-order valence-corrected chi connectivity index (χ4v) is 4.65. The van der Waals surface area contributed by atoms with Gasteiger partial charge >= 0.3 is 11.9 Å². The van der Waals surface area contributed by atoms with Crippen LogP contribution in [0.5, 0.6) is 0 Å². The quantitative estimate of drug-likeness (QED) is 0.113. The van der Waals surface area contributed by atoms with Crippen molar-refractivity contribution in [2.75, 3.05) is 24.3 Å². The van der Waals surface area contributed by atoms with Gasteiger partial charge in [-0.3, -0.25) is 19.0 Å². The lowest BCUT2D eigenvalue weighted by atomic mass is 10.0. The number of allylic oxidation sites excluding steroid dienone is 1. The summed E-state index contributed by atoms with van der Waals surface area (Å²) in [5.41, 5.74) is 5.48. The van der Waals surface area contributed by atoms with E-state index in [2.05, 4.69) is 26.9 Å². The first-order chi connectivity index (χ1) is 16.2. The van der Waals surface area contributed by atoms with Gasteiger partial charge in [0.15, 0.2) is 10.8 Å². The summed E-state index contributed by atoms with van der Waals surface area (Å²) in [6, 6.07) is -1.01. The van der Waals surface area contributed by atoms with E-state index in [0.717, 1.165) is 16.2 Å². The number of nitrogens with two attached hydrogens (primary N) is 1. The first-order valence-electron chi connectivity index (χ1n) is 9.14. The Bertz CT molecular complexity index is 1210. The van der Waals surface area contributed by atoms with Gasteiger partial charge in [0.2, 0.25) is 6.61 Å². The van der Waals surface area contributed by atoms with Crippen molar-refractivity contribution in [1.29, 1.82) is 0 Å². The maximum absolute atomic E-state index is 12.7. The van der Waals surface area contributed by atoms with Crippen molar-refractivity contribution in [3.05, 3.63) is 35.0 Å². The lowest BCUT2D eigenvalue weighted by molar-refractivity contribution is -0.150. The molecule has 0 unspecified atom stereocenters. The van der Waals surface area contributed by atoms with E-state index in [1.807, 2.05) is 0 Å². The van der Waals surface area contributed by atoms with Crippen LogP contribution in [0.15, 0.2) is 34.5 Å². The van der Waals surface area contributed by atoms with Gasteiger partial charge in [0.05, 0.1) is 6.26 Å². The van der Waals surface area contributed by atoms with E-state index in [-0.39, 0.29) is 22.2 Å². The number of aliphatic carboxylic acids is 2. The Morgan fingerprint density at radius 3 is 2.54 bits per heavy atom. The number of rotatable bonds is 8. The Labute approximate surface area is 206 Å². The molecule has 0 aliphatic carbocycles. The molecule has 1 saturated heterocycles. The third-order valence-electron chi connectivity index (χ3n) is 4.06. The van der Waals surface area contributed by atoms with Gasteiger partial charge in [0, 0.05) is 11.1 Å². The monoisotopic (exact) mass is 549 g/mol. The highest BCUT2D eigenvalue weighted by molar-refractivity contribution is 8.00. The van der Waals surface area contributed by atoms with E-state index in [9.17, 15) is 32.7 Å². The number of oxime groups is 1. The molecule has 0 bridgehead atoms. The summed E-state index contributed by atoms with van der Waals surface area (Å²) in [6.45, 7) is 2.77. The number of amides is 2. The molecule has 2 aliphatic heterocycles. The number of nitrogens with one attached hydrogen (secondary N) is 1. The molecule has 35 heavy (non-hydrogen) atoms. The van der Waals surface area contributed by atoms with Crippen molar-refractivity contribution in [1.82, 2.24) is 15.2 Å². The van der Waals surface area contributed by atoms with Gasteiger partial charge in [-0.05, 0) is 5.57 Å². The van der Waals surface area contributed by atoms with Crippen molar-refractivity contribution in [3.8, 4) is 0 Å². The number of fused-ring (bicyclic) bond motifs is 1. The summed E-state index contributed by atoms with van der Waals surface area (Å²) in [6.07, 6.45) is 2.09. The van der Waals surface area contributed by atoms with Gasteiger partial charge in [0.25, 0.3) is 21.9 Å². The second-order valence-electron chi connectivity index (χ2n) is 6.66. The number of thiazole rings is 1. The van der Waals surface area contributed by atoms with Crippen molar-refractivity contribution in [2.24, 2.45) is 5.16 Å². The first-order valence-corrected chi connectivity index (χ1v) is 12.9. The zero-order valence-electron chi connectivity index (χ0n) is 17.8. The van der Waals surface area contributed by atoms with E-state index in [1.165, 1.54) is 23.2 Å². The van der Waals surface area contributed by atoms with Crippen molar-refractivity contribution in [2.45, 2.75) is 11.4 Å². The van der Waals surface area contributed by atoms with Gasteiger partial charge in [0.1, 0.15) is 22.8 Å². The van der Waals surface area contributed by atoms with Crippen LogP contribution in [0, 0.1) is 0 Å². The lowest BCUT2D eigenvalue weighted by Crippen LogP contribution is -2.71. The Morgan fingerprint density at radius 1 is 1.43 bits per heavy atom. The number of thioether (sulfide) groups is 1. The topological polar surface area (TPSA) is 239 Å². The summed E-state index contributed by atoms with van der Waals surface area (Å²) >= 11 is 2.30. The molecule has 3 rings (SSSR count). The van der Waals surface area contributed by atoms with E-state index >= 15 is 0 Å². The fraction of sp³-hybridized carbons (Fsp3) is 0.294. The second kappa shape index (κ2) is 11.3. The molecule has 2 amide bonds. The van der Waals surface area contributed by atoms with Crippen molar-refractivity contribution >= 4 is 67.8 Å². The molecule has 1 aromatic heterocycles. The molecule has 18 heteroatoms. The molecule has 6 N–H and O–H groups in total. The third-order valence-corrected chi connectivity index (χ3v) is 6.03. The number of aromatic nitrogens is 1. The Kier molecular flexibility index (Phi) is 8.96. The molecule has 0 aromatic carbocycles. The van der Waals surface area contributed by atoms with Gasteiger partial charge < -0.3 is 26.1 Å². The molecule has 1 fully saturated rings.